The molecule has 0 aromatic heterocycles. The van der Waals surface area contributed by atoms with E-state index < -0.39 is 5.97 Å². The minimum Gasteiger partial charge on any atom is -0.482 e. The van der Waals surface area contributed by atoms with Gasteiger partial charge in [0.15, 0.2) is 6.61 Å². The Kier molecular flexibility index (Phi) is 3.23. The summed E-state index contributed by atoms with van der Waals surface area (Å²) in [5.74, 6) is -0.338. The molecule has 0 spiro atoms. The van der Waals surface area contributed by atoms with E-state index in [-0.39, 0.29) is 18.3 Å². The van der Waals surface area contributed by atoms with Crippen LogP contribution in [-0.4, -0.2) is 36.4 Å². The lowest BCUT2D eigenvalue weighted by Gasteiger charge is -2.26. The molecule has 1 amide bonds. The van der Waals surface area contributed by atoms with E-state index in [9.17, 15) is 9.59 Å². The zero-order valence-electron chi connectivity index (χ0n) is 9.17. The van der Waals surface area contributed by atoms with Crippen LogP contribution in [0, 0.1) is 0 Å². The number of carbonyl (C=O) groups excluding carboxylic acids is 1. The summed E-state index contributed by atoms with van der Waals surface area (Å²) in [6.45, 7) is 0.0467. The molecule has 1 N–H and O–H groups in total. The molecule has 5 nitrogen and oxygen atoms in total. The standard InChI is InChI=1S/C11H11NO4S/c1-12-8-4-7(17-6-11(14)15)2-3-9(8)16-5-10(12)13/h2-4H,5-6H2,1H3,(H,14,15). The topological polar surface area (TPSA) is 66.8 Å². The number of carbonyl (C=O) groups is 2. The Morgan fingerprint density at radius 1 is 1.59 bits per heavy atom. The Morgan fingerprint density at radius 3 is 3.06 bits per heavy atom. The van der Waals surface area contributed by atoms with Crippen molar-refractivity contribution >= 4 is 29.3 Å². The van der Waals surface area contributed by atoms with Crippen molar-refractivity contribution in [2.45, 2.75) is 4.90 Å². The van der Waals surface area contributed by atoms with Crippen molar-refractivity contribution in [3.63, 3.8) is 0 Å². The number of hydrogen-bond acceptors (Lipinski definition) is 4. The molecule has 2 rings (SSSR count). The van der Waals surface area contributed by atoms with Gasteiger partial charge in [0.05, 0.1) is 11.4 Å². The van der Waals surface area contributed by atoms with Crippen LogP contribution in [-0.2, 0) is 9.59 Å². The maximum Gasteiger partial charge on any atom is 0.313 e. The molecule has 90 valence electrons. The van der Waals surface area contributed by atoms with Gasteiger partial charge in [-0.15, -0.1) is 11.8 Å². The Hall–Kier alpha value is -1.69. The Balaban J connectivity index is 2.23. The van der Waals surface area contributed by atoms with Crippen molar-refractivity contribution in [3.05, 3.63) is 18.2 Å². The number of likely N-dealkylation sites (N-methyl/N-ethyl adjacent to an activating group) is 1. The number of fused-ring (bicyclic) bond motifs is 1. The average molecular weight is 253 g/mol. The number of aliphatic carboxylic acids is 1. The van der Waals surface area contributed by atoms with Crippen molar-refractivity contribution in [2.75, 3.05) is 24.3 Å². The second-order valence-electron chi connectivity index (χ2n) is 3.55. The first kappa shape index (κ1) is 11.8. The molecule has 1 aromatic rings. The molecule has 6 heteroatoms. The van der Waals surface area contributed by atoms with Crippen LogP contribution in [0.1, 0.15) is 0 Å². The van der Waals surface area contributed by atoms with Gasteiger partial charge in [0.25, 0.3) is 5.91 Å². The number of benzene rings is 1. The summed E-state index contributed by atoms with van der Waals surface area (Å²) < 4.78 is 5.27. The van der Waals surface area contributed by atoms with Gasteiger partial charge in [0, 0.05) is 11.9 Å². The molecule has 1 heterocycles. The Bertz CT molecular complexity index is 475. The summed E-state index contributed by atoms with van der Waals surface area (Å²) in [6.07, 6.45) is 0. The third kappa shape index (κ3) is 2.52. The number of amides is 1. The zero-order valence-corrected chi connectivity index (χ0v) is 9.99. The van der Waals surface area contributed by atoms with Crippen molar-refractivity contribution in [1.82, 2.24) is 0 Å². The SMILES string of the molecule is CN1C(=O)COc2ccc(SCC(=O)O)cc21. The second kappa shape index (κ2) is 4.67. The zero-order chi connectivity index (χ0) is 12.4. The molecule has 0 bridgehead atoms. The normalized spacial score (nSPS) is 14.2. The average Bonchev–Trinajstić information content (AvgIpc) is 2.31. The summed E-state index contributed by atoms with van der Waals surface area (Å²) in [7, 11) is 1.68. The number of carboxylic acids is 1. The molecule has 1 aliphatic heterocycles. The van der Waals surface area contributed by atoms with E-state index in [0.29, 0.717) is 11.4 Å². The highest BCUT2D eigenvalue weighted by Gasteiger charge is 2.22. The molecule has 0 unspecified atom stereocenters. The largest absolute Gasteiger partial charge is 0.482 e. The predicted molar refractivity (Wildman–Crippen MR) is 63.7 cm³/mol. The van der Waals surface area contributed by atoms with E-state index in [1.54, 1.807) is 25.2 Å². The summed E-state index contributed by atoms with van der Waals surface area (Å²) in [5.41, 5.74) is 0.677. The predicted octanol–water partition coefficient (Wildman–Crippen LogP) is 1.22. The van der Waals surface area contributed by atoms with Gasteiger partial charge in [-0.3, -0.25) is 9.59 Å². The Morgan fingerprint density at radius 2 is 2.35 bits per heavy atom. The Labute approximate surface area is 102 Å². The van der Waals surface area contributed by atoms with E-state index in [2.05, 4.69) is 0 Å². The highest BCUT2D eigenvalue weighted by Crippen LogP contribution is 2.34. The smallest absolute Gasteiger partial charge is 0.313 e. The molecule has 0 radical (unpaired) electrons. The van der Waals surface area contributed by atoms with Crippen molar-refractivity contribution in [3.8, 4) is 5.75 Å². The molecule has 1 aliphatic rings. The van der Waals surface area contributed by atoms with Crippen molar-refractivity contribution in [1.29, 1.82) is 0 Å². The molecule has 17 heavy (non-hydrogen) atoms. The van der Waals surface area contributed by atoms with Gasteiger partial charge in [0.1, 0.15) is 5.75 Å². The minimum absolute atomic E-state index is 0.00267. The highest BCUT2D eigenvalue weighted by molar-refractivity contribution is 8.00. The van der Waals surface area contributed by atoms with Crippen LogP contribution in [0.25, 0.3) is 0 Å². The molecular weight excluding hydrogens is 242 g/mol. The second-order valence-corrected chi connectivity index (χ2v) is 4.60. The van der Waals surface area contributed by atoms with E-state index >= 15 is 0 Å². The molecule has 1 aromatic carbocycles. The fourth-order valence-electron chi connectivity index (χ4n) is 1.49. The van der Waals surface area contributed by atoms with Crippen LogP contribution in [0.2, 0.25) is 0 Å². The van der Waals surface area contributed by atoms with Crippen LogP contribution in [0.3, 0.4) is 0 Å². The number of rotatable bonds is 3. The number of carboxylic acid groups (broad SMARTS) is 1. The quantitative estimate of drug-likeness (QED) is 0.820. The highest BCUT2D eigenvalue weighted by atomic mass is 32.2. The number of ether oxygens (including phenoxy) is 1. The lowest BCUT2D eigenvalue weighted by Crippen LogP contribution is -2.35. The van der Waals surface area contributed by atoms with Crippen molar-refractivity contribution < 1.29 is 19.4 Å². The van der Waals surface area contributed by atoms with Gasteiger partial charge >= 0.3 is 5.97 Å². The van der Waals surface area contributed by atoms with Crippen LogP contribution < -0.4 is 9.64 Å². The third-order valence-electron chi connectivity index (χ3n) is 2.38. The van der Waals surface area contributed by atoms with Crippen LogP contribution in [0.15, 0.2) is 23.1 Å². The molecule has 0 fully saturated rings. The molecule has 0 aliphatic carbocycles. The number of hydrogen-bond donors (Lipinski definition) is 1. The first-order valence-electron chi connectivity index (χ1n) is 4.96. The number of anilines is 1. The van der Waals surface area contributed by atoms with E-state index in [1.807, 2.05) is 0 Å². The van der Waals surface area contributed by atoms with Gasteiger partial charge in [-0.2, -0.15) is 0 Å². The van der Waals surface area contributed by atoms with E-state index in [0.717, 1.165) is 4.90 Å². The maximum absolute atomic E-state index is 11.4. The molecule has 0 saturated heterocycles. The maximum atomic E-state index is 11.4. The lowest BCUT2D eigenvalue weighted by molar-refractivity contribution is -0.133. The summed E-state index contributed by atoms with van der Waals surface area (Å²) in [6, 6.07) is 5.30. The van der Waals surface area contributed by atoms with Crippen LogP contribution in [0.4, 0.5) is 5.69 Å². The summed E-state index contributed by atoms with van der Waals surface area (Å²) in [5, 5.41) is 8.60. The van der Waals surface area contributed by atoms with E-state index in [1.165, 1.54) is 16.7 Å². The van der Waals surface area contributed by atoms with Gasteiger partial charge in [-0.05, 0) is 18.2 Å². The first-order valence-corrected chi connectivity index (χ1v) is 5.94. The molecule has 0 saturated carbocycles. The third-order valence-corrected chi connectivity index (χ3v) is 3.36. The summed E-state index contributed by atoms with van der Waals surface area (Å²) >= 11 is 1.21. The number of thioether (sulfide) groups is 1. The number of nitrogens with zero attached hydrogens (tertiary/aromatic N) is 1. The molecular formula is C11H11NO4S. The van der Waals surface area contributed by atoms with E-state index in [4.69, 9.17) is 9.84 Å². The van der Waals surface area contributed by atoms with Gasteiger partial charge in [0.2, 0.25) is 0 Å². The van der Waals surface area contributed by atoms with Gasteiger partial charge in [-0.1, -0.05) is 0 Å². The minimum atomic E-state index is -0.867. The van der Waals surface area contributed by atoms with Gasteiger partial charge in [-0.25, -0.2) is 0 Å². The summed E-state index contributed by atoms with van der Waals surface area (Å²) in [4.78, 5) is 24.2. The van der Waals surface area contributed by atoms with Crippen molar-refractivity contribution in [2.24, 2.45) is 0 Å². The van der Waals surface area contributed by atoms with Crippen LogP contribution >= 0.6 is 11.8 Å². The first-order chi connectivity index (χ1) is 8.08. The fraction of sp³-hybridized carbons (Fsp3) is 0.273. The van der Waals surface area contributed by atoms with Gasteiger partial charge < -0.3 is 14.7 Å². The monoisotopic (exact) mass is 253 g/mol. The fourth-order valence-corrected chi connectivity index (χ4v) is 2.14. The van der Waals surface area contributed by atoms with Crippen LogP contribution in [0.5, 0.6) is 5.75 Å². The lowest BCUT2D eigenvalue weighted by atomic mass is 10.2. The molecule has 0 atom stereocenters.